The van der Waals surface area contributed by atoms with Crippen LogP contribution in [0, 0.1) is 17.8 Å². The van der Waals surface area contributed by atoms with Crippen LogP contribution in [0.4, 0.5) is 0 Å². The van der Waals surface area contributed by atoms with Gasteiger partial charge in [-0.2, -0.15) is 0 Å². The number of phenolic OH excluding ortho intramolecular Hbond substituents is 1. The van der Waals surface area contributed by atoms with Crippen molar-refractivity contribution in [2.45, 2.75) is 50.8 Å². The number of fused-ring (bicyclic) bond motifs is 1. The fraction of sp³-hybridized carbons (Fsp3) is 0.395. The second-order valence-corrected chi connectivity index (χ2v) is 12.9. The molecule has 9 heteroatoms. The van der Waals surface area contributed by atoms with Gasteiger partial charge in [-0.1, -0.05) is 48.5 Å². The summed E-state index contributed by atoms with van der Waals surface area (Å²) in [5, 5.41) is 42.4. The average molecular weight is 638 g/mol. The molecule has 2 fully saturated rings. The van der Waals surface area contributed by atoms with Crippen LogP contribution in [-0.2, 0) is 16.1 Å². The maximum Gasteiger partial charge on any atom is 0.234 e. The molecular formula is C38H43N3O6. The fourth-order valence-electron chi connectivity index (χ4n) is 7.71. The highest BCUT2D eigenvalue weighted by molar-refractivity contribution is 6.06. The van der Waals surface area contributed by atoms with Gasteiger partial charge in [0.15, 0.2) is 0 Å². The molecule has 246 valence electrons. The number of hydrogen-bond donors (Lipinski definition) is 4. The Morgan fingerprint density at radius 2 is 1.66 bits per heavy atom. The number of imide groups is 1. The Kier molecular flexibility index (Phi) is 10.3. The Morgan fingerprint density at radius 1 is 0.936 bits per heavy atom. The van der Waals surface area contributed by atoms with Crippen molar-refractivity contribution in [2.75, 3.05) is 26.3 Å². The molecule has 0 spiro atoms. The quantitative estimate of drug-likeness (QED) is 0.183. The fourth-order valence-corrected chi connectivity index (χ4v) is 7.71. The number of aromatic nitrogens is 1. The number of aliphatic hydroxyl groups excluding tert-OH is 3. The number of hydrogen-bond acceptors (Lipinski definition) is 8. The third kappa shape index (κ3) is 7.09. The van der Waals surface area contributed by atoms with Crippen molar-refractivity contribution in [1.82, 2.24) is 14.8 Å². The van der Waals surface area contributed by atoms with Gasteiger partial charge in [0.25, 0.3) is 0 Å². The number of benzene rings is 2. The van der Waals surface area contributed by atoms with Crippen LogP contribution in [0.2, 0.25) is 0 Å². The normalized spacial score (nSPS) is 23.3. The summed E-state index contributed by atoms with van der Waals surface area (Å²) in [7, 11) is 0. The summed E-state index contributed by atoms with van der Waals surface area (Å²) >= 11 is 0. The van der Waals surface area contributed by atoms with E-state index in [2.05, 4.69) is 22.0 Å². The van der Waals surface area contributed by atoms with E-state index in [4.69, 9.17) is 0 Å². The summed E-state index contributed by atoms with van der Waals surface area (Å²) in [4.78, 5) is 36.1. The first kappa shape index (κ1) is 32.8. The number of pyridine rings is 1. The van der Waals surface area contributed by atoms with E-state index < -0.39 is 30.5 Å². The van der Waals surface area contributed by atoms with Gasteiger partial charge in [-0.25, -0.2) is 0 Å². The minimum absolute atomic E-state index is 0.165. The van der Waals surface area contributed by atoms with Gasteiger partial charge in [0.1, 0.15) is 5.75 Å². The predicted molar refractivity (Wildman–Crippen MR) is 178 cm³/mol. The number of rotatable bonds is 11. The zero-order chi connectivity index (χ0) is 32.9. The first-order valence-electron chi connectivity index (χ1n) is 16.5. The molecule has 2 amide bonds. The van der Waals surface area contributed by atoms with E-state index in [1.165, 1.54) is 10.5 Å². The number of likely N-dealkylation sites (tertiary alicyclic amines) is 2. The molecule has 6 rings (SSSR count). The number of allylic oxidation sites excluding steroid dienone is 1. The van der Waals surface area contributed by atoms with Crippen LogP contribution in [0.1, 0.15) is 48.9 Å². The smallest absolute Gasteiger partial charge is 0.234 e. The molecule has 2 saturated heterocycles. The van der Waals surface area contributed by atoms with E-state index >= 15 is 0 Å². The molecule has 2 aliphatic heterocycles. The van der Waals surface area contributed by atoms with Gasteiger partial charge in [-0.3, -0.25) is 24.4 Å². The minimum atomic E-state index is -1.04. The highest BCUT2D eigenvalue weighted by Crippen LogP contribution is 2.47. The molecule has 47 heavy (non-hydrogen) atoms. The molecule has 3 heterocycles. The van der Waals surface area contributed by atoms with Crippen molar-refractivity contribution >= 4 is 23.5 Å². The lowest BCUT2D eigenvalue weighted by Gasteiger charge is -2.36. The van der Waals surface area contributed by atoms with Crippen LogP contribution in [0.5, 0.6) is 5.75 Å². The van der Waals surface area contributed by atoms with Crippen molar-refractivity contribution < 1.29 is 30.0 Å². The number of piperidine rings is 1. The van der Waals surface area contributed by atoms with Crippen molar-refractivity contribution in [3.63, 3.8) is 0 Å². The van der Waals surface area contributed by atoms with Gasteiger partial charge in [0.05, 0.1) is 36.8 Å². The lowest BCUT2D eigenvalue weighted by molar-refractivity contribution is -0.144. The Bertz CT molecular complexity index is 1600. The molecule has 0 saturated carbocycles. The van der Waals surface area contributed by atoms with E-state index in [-0.39, 0.29) is 43.1 Å². The zero-order valence-corrected chi connectivity index (χ0v) is 26.5. The van der Waals surface area contributed by atoms with E-state index in [0.717, 1.165) is 36.5 Å². The monoisotopic (exact) mass is 637 g/mol. The molecule has 0 unspecified atom stereocenters. The molecule has 2 aromatic carbocycles. The van der Waals surface area contributed by atoms with E-state index in [1.54, 1.807) is 30.5 Å². The first-order valence-corrected chi connectivity index (χ1v) is 16.5. The molecule has 1 aromatic heterocycles. The summed E-state index contributed by atoms with van der Waals surface area (Å²) in [5.74, 6) is -2.52. The van der Waals surface area contributed by atoms with E-state index in [9.17, 15) is 30.0 Å². The summed E-state index contributed by atoms with van der Waals surface area (Å²) in [6, 6.07) is 22.5. The number of aromatic hydroxyl groups is 1. The lowest BCUT2D eigenvalue weighted by atomic mass is 9.68. The third-order valence-corrected chi connectivity index (χ3v) is 10.1. The molecule has 0 radical (unpaired) electrons. The van der Waals surface area contributed by atoms with Crippen molar-refractivity contribution in [3.8, 4) is 5.75 Å². The maximum atomic E-state index is 14.0. The minimum Gasteiger partial charge on any atom is -0.508 e. The molecule has 3 aromatic rings. The van der Waals surface area contributed by atoms with Gasteiger partial charge in [-0.15, -0.1) is 0 Å². The highest BCUT2D eigenvalue weighted by Gasteiger charge is 2.56. The lowest BCUT2D eigenvalue weighted by Crippen LogP contribution is -2.47. The molecule has 4 atom stereocenters. The Hall–Kier alpha value is -4.15. The van der Waals surface area contributed by atoms with Gasteiger partial charge in [0, 0.05) is 37.8 Å². The second-order valence-electron chi connectivity index (χ2n) is 12.9. The third-order valence-electron chi connectivity index (χ3n) is 10.1. The SMILES string of the molecule is O=C1[C@@H]2[C@@H](CC(CO)=C([C@H](O)CC/C(=C/c3ccc(O)cc3)c3ccccn3)[C@@H]2CO)C(=O)N1C1CCN(Cc2ccccc2)CC1. The van der Waals surface area contributed by atoms with Crippen LogP contribution >= 0.6 is 0 Å². The van der Waals surface area contributed by atoms with Gasteiger partial charge < -0.3 is 20.4 Å². The molecule has 1 aliphatic carbocycles. The molecule has 3 aliphatic rings. The van der Waals surface area contributed by atoms with Crippen LogP contribution in [-0.4, -0.2) is 85.5 Å². The predicted octanol–water partition coefficient (Wildman–Crippen LogP) is 4.04. The summed E-state index contributed by atoms with van der Waals surface area (Å²) in [5.41, 5.74) is 4.71. The number of aliphatic hydroxyl groups is 3. The number of nitrogens with zero attached hydrogens (tertiary/aromatic N) is 3. The van der Waals surface area contributed by atoms with E-state index in [1.807, 2.05) is 42.5 Å². The largest absolute Gasteiger partial charge is 0.508 e. The molecule has 9 nitrogen and oxygen atoms in total. The highest BCUT2D eigenvalue weighted by atomic mass is 16.3. The van der Waals surface area contributed by atoms with Crippen LogP contribution in [0.25, 0.3) is 11.6 Å². The number of amides is 2. The molecular weight excluding hydrogens is 594 g/mol. The number of carbonyl (C=O) groups excluding carboxylic acids is 2. The van der Waals surface area contributed by atoms with Gasteiger partial charge in [-0.05, 0) is 90.3 Å². The zero-order valence-electron chi connectivity index (χ0n) is 26.5. The first-order chi connectivity index (χ1) is 22.9. The number of carbonyl (C=O) groups is 2. The standard InChI is InChI=1S/C38H43N3O6/c42-23-28-21-31-36(38(47)41(37(31)46)29-15-18-40(19-16-29)22-26-6-2-1-3-7-26)32(24-43)35(28)34(45)14-11-27(33-8-4-5-17-39-33)20-25-9-12-30(44)13-10-25/h1-10,12-13,17,20,29,31-32,34,36,42-45H,11,14-16,18-19,21-24H2/b27-20-/t31-,32+,34-,36-/m1/s1. The molecule has 0 bridgehead atoms. The Balaban J connectivity index is 1.17. The second kappa shape index (κ2) is 14.7. The van der Waals surface area contributed by atoms with E-state index in [0.29, 0.717) is 30.4 Å². The summed E-state index contributed by atoms with van der Waals surface area (Å²) < 4.78 is 0. The van der Waals surface area contributed by atoms with Crippen LogP contribution in [0.3, 0.4) is 0 Å². The van der Waals surface area contributed by atoms with Gasteiger partial charge >= 0.3 is 0 Å². The van der Waals surface area contributed by atoms with Crippen LogP contribution < -0.4 is 0 Å². The van der Waals surface area contributed by atoms with Crippen molar-refractivity contribution in [3.05, 3.63) is 107 Å². The Morgan fingerprint density at radius 3 is 2.32 bits per heavy atom. The maximum absolute atomic E-state index is 14.0. The van der Waals surface area contributed by atoms with Gasteiger partial charge in [0.2, 0.25) is 11.8 Å². The van der Waals surface area contributed by atoms with Crippen molar-refractivity contribution in [1.29, 1.82) is 0 Å². The van der Waals surface area contributed by atoms with Crippen LogP contribution in [0.15, 0.2) is 90.1 Å². The average Bonchev–Trinajstić information content (AvgIpc) is 3.36. The molecule has 4 N–H and O–H groups in total. The topological polar surface area (TPSA) is 134 Å². The summed E-state index contributed by atoms with van der Waals surface area (Å²) in [6.45, 7) is 1.60. The Labute approximate surface area is 275 Å². The number of phenols is 1. The summed E-state index contributed by atoms with van der Waals surface area (Å²) in [6.07, 6.45) is 4.87. The van der Waals surface area contributed by atoms with Crippen molar-refractivity contribution in [2.24, 2.45) is 17.8 Å².